The van der Waals surface area contributed by atoms with Gasteiger partial charge in [-0.25, -0.2) is 0 Å². The topological polar surface area (TPSA) is 52.7 Å². The summed E-state index contributed by atoms with van der Waals surface area (Å²) in [6.45, 7) is 5.58. The van der Waals surface area contributed by atoms with E-state index in [0.717, 1.165) is 33.2 Å². The number of anilines is 1. The van der Waals surface area contributed by atoms with Gasteiger partial charge in [-0.3, -0.25) is 9.52 Å². The maximum Gasteiger partial charge on any atom is 0.258 e. The minimum Gasteiger partial charge on any atom is -0.308 e. The second kappa shape index (κ2) is 8.66. The smallest absolute Gasteiger partial charge is 0.258 e. The van der Waals surface area contributed by atoms with Gasteiger partial charge in [-0.1, -0.05) is 12.1 Å². The Morgan fingerprint density at radius 2 is 1.96 bits per heavy atom. The highest BCUT2D eigenvalue weighted by atomic mass is 32.2. The fourth-order valence-corrected chi connectivity index (χ4v) is 4.17. The fourth-order valence-electron chi connectivity index (χ4n) is 3.45. The number of hydrogen-bond donors (Lipinski definition) is 1. The van der Waals surface area contributed by atoms with Crippen LogP contribution in [0, 0.1) is 0 Å². The van der Waals surface area contributed by atoms with E-state index < -0.39 is 0 Å². The summed E-state index contributed by atoms with van der Waals surface area (Å²) >= 11 is 1.42. The summed E-state index contributed by atoms with van der Waals surface area (Å²) in [6, 6.07) is 9.76. The molecule has 2 aromatic carbocycles. The van der Waals surface area contributed by atoms with Crippen LogP contribution in [0.4, 0.5) is 5.69 Å². The summed E-state index contributed by atoms with van der Waals surface area (Å²) in [4.78, 5) is 27.9. The van der Waals surface area contributed by atoms with Crippen LogP contribution in [0.5, 0.6) is 0 Å². The van der Waals surface area contributed by atoms with Crippen LogP contribution in [0.25, 0.3) is 10.8 Å². The van der Waals surface area contributed by atoms with E-state index in [-0.39, 0.29) is 5.91 Å². The summed E-state index contributed by atoms with van der Waals surface area (Å²) in [5.41, 5.74) is 1.74. The van der Waals surface area contributed by atoms with Gasteiger partial charge < -0.3 is 14.6 Å². The van der Waals surface area contributed by atoms with E-state index in [1.165, 1.54) is 37.9 Å². The molecule has 26 heavy (non-hydrogen) atoms. The Morgan fingerprint density at radius 1 is 1.19 bits per heavy atom. The second-order valence-electron chi connectivity index (χ2n) is 6.49. The molecule has 1 amide bonds. The van der Waals surface area contributed by atoms with Crippen molar-refractivity contribution in [3.8, 4) is 0 Å². The lowest BCUT2D eigenvalue weighted by Crippen LogP contribution is -2.25. The molecule has 0 spiro atoms. The number of nitrogens with zero attached hydrogens (tertiary/aromatic N) is 2. The van der Waals surface area contributed by atoms with Crippen molar-refractivity contribution < 1.29 is 9.59 Å². The first-order chi connectivity index (χ1) is 12.7. The number of benzene rings is 2. The minimum atomic E-state index is 0.0658. The fraction of sp³-hybridized carbons (Fsp3) is 0.400. The number of amides is 1. The van der Waals surface area contributed by atoms with Crippen LogP contribution in [0.2, 0.25) is 0 Å². The molecule has 1 N–H and O–H groups in total. The number of likely N-dealkylation sites (tertiary alicyclic amines) is 1. The van der Waals surface area contributed by atoms with Crippen molar-refractivity contribution in [2.45, 2.75) is 24.7 Å². The Kier molecular flexibility index (Phi) is 6.29. The number of hydrogen-bond acceptors (Lipinski definition) is 5. The molecule has 2 aliphatic rings. The van der Waals surface area contributed by atoms with Gasteiger partial charge in [0.25, 0.3) is 5.91 Å². The zero-order valence-electron chi connectivity index (χ0n) is 15.3. The number of aldehydes is 1. The van der Waals surface area contributed by atoms with Crippen molar-refractivity contribution in [2.75, 3.05) is 38.1 Å². The third kappa shape index (κ3) is 3.77. The maximum atomic E-state index is 12.3. The highest BCUT2D eigenvalue weighted by Gasteiger charge is 2.29. The van der Waals surface area contributed by atoms with Gasteiger partial charge in [0.2, 0.25) is 0 Å². The van der Waals surface area contributed by atoms with E-state index >= 15 is 0 Å². The van der Waals surface area contributed by atoms with Gasteiger partial charge in [-0.2, -0.15) is 0 Å². The molecule has 6 heteroatoms. The minimum absolute atomic E-state index is 0.0658. The first-order valence-electron chi connectivity index (χ1n) is 9.06. The normalized spacial score (nSPS) is 16.1. The molecule has 0 unspecified atom stereocenters. The predicted octanol–water partition coefficient (Wildman–Crippen LogP) is 3.33. The molecule has 2 aliphatic heterocycles. The third-order valence-electron chi connectivity index (χ3n) is 4.74. The van der Waals surface area contributed by atoms with Crippen molar-refractivity contribution in [3.05, 3.63) is 35.9 Å². The molecule has 0 bridgehead atoms. The number of nitrogens with one attached hydrogen (secondary N) is 1. The largest absolute Gasteiger partial charge is 0.308 e. The number of rotatable bonds is 5. The quantitative estimate of drug-likeness (QED) is 0.496. The second-order valence-corrected chi connectivity index (χ2v) is 7.42. The average molecular weight is 372 g/mol. The van der Waals surface area contributed by atoms with Crippen LogP contribution in [-0.4, -0.2) is 50.3 Å². The van der Waals surface area contributed by atoms with Crippen molar-refractivity contribution in [1.82, 2.24) is 9.62 Å². The van der Waals surface area contributed by atoms with Gasteiger partial charge in [-0.15, -0.1) is 0 Å². The zero-order valence-corrected chi connectivity index (χ0v) is 16.1. The van der Waals surface area contributed by atoms with Crippen LogP contribution in [-0.2, 0) is 4.79 Å². The van der Waals surface area contributed by atoms with E-state index in [1.807, 2.05) is 37.3 Å². The van der Waals surface area contributed by atoms with E-state index in [0.29, 0.717) is 13.1 Å². The summed E-state index contributed by atoms with van der Waals surface area (Å²) in [5, 5.41) is 2.06. The first kappa shape index (κ1) is 18.9. The standard InChI is InChI=1S/C15H14N2O2S.C5H11N/c1-2-17-12-6-7-13(20-16-8-9-18)10-4-3-5-11(14(10)12)15(17)19;1-6-4-2-3-5-6/h3-7,9,16H,2,8H2,1H3;2-5H2,1H3. The van der Waals surface area contributed by atoms with Crippen molar-refractivity contribution in [3.63, 3.8) is 0 Å². The molecular formula is C20H25N3O2S. The van der Waals surface area contributed by atoms with Crippen LogP contribution in [0.1, 0.15) is 30.1 Å². The van der Waals surface area contributed by atoms with Gasteiger partial charge in [0, 0.05) is 22.4 Å². The lowest BCUT2D eigenvalue weighted by atomic mass is 10.1. The molecule has 0 aliphatic carbocycles. The molecule has 1 fully saturated rings. The highest BCUT2D eigenvalue weighted by molar-refractivity contribution is 7.97. The van der Waals surface area contributed by atoms with Gasteiger partial charge >= 0.3 is 0 Å². The van der Waals surface area contributed by atoms with Crippen LogP contribution in [0.15, 0.2) is 35.2 Å². The number of carbonyl (C=O) groups excluding carboxylic acids is 2. The Balaban J connectivity index is 0.000000278. The molecule has 0 atom stereocenters. The van der Waals surface area contributed by atoms with E-state index in [9.17, 15) is 9.59 Å². The summed E-state index contributed by atoms with van der Waals surface area (Å²) in [7, 11) is 2.17. The molecule has 2 aromatic rings. The molecule has 1 saturated heterocycles. The predicted molar refractivity (Wildman–Crippen MR) is 108 cm³/mol. The van der Waals surface area contributed by atoms with Crippen LogP contribution in [0.3, 0.4) is 0 Å². The zero-order chi connectivity index (χ0) is 18.5. The van der Waals surface area contributed by atoms with Gasteiger partial charge in [0.15, 0.2) is 0 Å². The third-order valence-corrected chi connectivity index (χ3v) is 5.63. The van der Waals surface area contributed by atoms with E-state index in [2.05, 4.69) is 16.7 Å². The molecule has 2 heterocycles. The average Bonchev–Trinajstić information content (AvgIpc) is 3.24. The van der Waals surface area contributed by atoms with Crippen LogP contribution < -0.4 is 9.62 Å². The molecule has 5 nitrogen and oxygen atoms in total. The Morgan fingerprint density at radius 3 is 2.58 bits per heavy atom. The highest BCUT2D eigenvalue weighted by Crippen LogP contribution is 2.40. The molecular weight excluding hydrogens is 346 g/mol. The maximum absolute atomic E-state index is 12.3. The van der Waals surface area contributed by atoms with Crippen LogP contribution >= 0.6 is 11.9 Å². The summed E-state index contributed by atoms with van der Waals surface area (Å²) < 4.78 is 2.99. The van der Waals surface area contributed by atoms with Gasteiger partial charge in [0.1, 0.15) is 6.29 Å². The monoisotopic (exact) mass is 371 g/mol. The number of carbonyl (C=O) groups is 2. The summed E-state index contributed by atoms with van der Waals surface area (Å²) in [5.74, 6) is 0.0658. The van der Waals surface area contributed by atoms with Gasteiger partial charge in [0.05, 0.1) is 12.2 Å². The Labute approximate surface area is 158 Å². The Bertz CT molecular complexity index is 803. The molecule has 0 aromatic heterocycles. The van der Waals surface area contributed by atoms with Crippen molar-refractivity contribution in [1.29, 1.82) is 0 Å². The lowest BCUT2D eigenvalue weighted by molar-refractivity contribution is -0.106. The van der Waals surface area contributed by atoms with Crippen molar-refractivity contribution in [2.24, 2.45) is 0 Å². The van der Waals surface area contributed by atoms with E-state index in [4.69, 9.17) is 0 Å². The SMILES string of the molecule is CCN1C(=O)c2cccc3c(SNCC=O)ccc1c23.CN1CCCC1. The first-order valence-corrected chi connectivity index (χ1v) is 9.88. The molecule has 0 radical (unpaired) electrons. The molecule has 138 valence electrons. The van der Waals surface area contributed by atoms with Gasteiger partial charge in [-0.05, 0) is 75.4 Å². The summed E-state index contributed by atoms with van der Waals surface area (Å²) in [6.07, 6.45) is 3.66. The molecule has 4 rings (SSSR count). The molecule has 0 saturated carbocycles. The van der Waals surface area contributed by atoms with E-state index in [1.54, 1.807) is 4.90 Å². The van der Waals surface area contributed by atoms with Crippen molar-refractivity contribution >= 4 is 40.6 Å². The Hall–Kier alpha value is -1.89. The lowest BCUT2D eigenvalue weighted by Gasteiger charge is -2.15.